The lowest BCUT2D eigenvalue weighted by atomic mass is 10.1. The van der Waals surface area contributed by atoms with E-state index in [0.717, 1.165) is 11.1 Å². The third-order valence-electron chi connectivity index (χ3n) is 6.23. The SMILES string of the molecule is COc1ccc(CCNC(=O)C(C)N2CCN(C(=O)Cc3ccc(C)cc3)CC2)cc1OC. The zero-order chi connectivity index (χ0) is 23.8. The van der Waals surface area contributed by atoms with Gasteiger partial charge in [-0.3, -0.25) is 14.5 Å². The van der Waals surface area contributed by atoms with Crippen molar-refractivity contribution in [2.45, 2.75) is 32.7 Å². The van der Waals surface area contributed by atoms with Crippen LogP contribution in [0.1, 0.15) is 23.6 Å². The molecule has 1 heterocycles. The van der Waals surface area contributed by atoms with Crippen LogP contribution in [0.3, 0.4) is 0 Å². The van der Waals surface area contributed by atoms with Crippen molar-refractivity contribution >= 4 is 11.8 Å². The van der Waals surface area contributed by atoms with Crippen LogP contribution >= 0.6 is 0 Å². The quantitative estimate of drug-likeness (QED) is 0.632. The summed E-state index contributed by atoms with van der Waals surface area (Å²) < 4.78 is 10.6. The molecule has 1 N–H and O–H groups in total. The maximum absolute atomic E-state index is 12.7. The Balaban J connectivity index is 1.41. The topological polar surface area (TPSA) is 71.1 Å². The van der Waals surface area contributed by atoms with Crippen LogP contribution in [0, 0.1) is 6.92 Å². The summed E-state index contributed by atoms with van der Waals surface area (Å²) in [5.74, 6) is 1.53. The molecular formula is C26H35N3O4. The van der Waals surface area contributed by atoms with Crippen LogP contribution in [0.5, 0.6) is 11.5 Å². The van der Waals surface area contributed by atoms with E-state index in [9.17, 15) is 9.59 Å². The van der Waals surface area contributed by atoms with Gasteiger partial charge in [0.2, 0.25) is 11.8 Å². The molecule has 7 nitrogen and oxygen atoms in total. The highest BCUT2D eigenvalue weighted by molar-refractivity contribution is 5.81. The van der Waals surface area contributed by atoms with Crippen LogP contribution in [0.4, 0.5) is 0 Å². The molecule has 2 amide bonds. The first-order valence-corrected chi connectivity index (χ1v) is 11.5. The number of nitrogens with one attached hydrogen (secondary N) is 1. The Labute approximate surface area is 196 Å². The molecular weight excluding hydrogens is 418 g/mol. The van der Waals surface area contributed by atoms with Crippen molar-refractivity contribution in [3.8, 4) is 11.5 Å². The molecule has 1 aliphatic rings. The molecule has 178 valence electrons. The minimum atomic E-state index is -0.232. The van der Waals surface area contributed by atoms with Gasteiger partial charge < -0.3 is 19.7 Å². The standard InChI is InChI=1S/C26H35N3O4/c1-19-5-7-21(8-6-19)18-25(30)29-15-13-28(14-16-29)20(2)26(31)27-12-11-22-9-10-23(32-3)24(17-22)33-4/h5-10,17,20H,11-16,18H2,1-4H3,(H,27,31). The summed E-state index contributed by atoms with van der Waals surface area (Å²) in [4.78, 5) is 29.3. The monoisotopic (exact) mass is 453 g/mol. The number of hydrogen-bond donors (Lipinski definition) is 1. The zero-order valence-electron chi connectivity index (χ0n) is 20.1. The first-order chi connectivity index (χ1) is 15.9. The molecule has 1 saturated heterocycles. The summed E-state index contributed by atoms with van der Waals surface area (Å²) in [6, 6.07) is 13.6. The molecule has 0 aromatic heterocycles. The van der Waals surface area contributed by atoms with Gasteiger partial charge >= 0.3 is 0 Å². The molecule has 33 heavy (non-hydrogen) atoms. The van der Waals surface area contributed by atoms with Crippen LogP contribution < -0.4 is 14.8 Å². The number of amides is 2. The molecule has 1 unspecified atom stereocenters. The van der Waals surface area contributed by atoms with Gasteiger partial charge in [0.25, 0.3) is 0 Å². The zero-order valence-corrected chi connectivity index (χ0v) is 20.1. The number of nitrogens with zero attached hydrogens (tertiary/aromatic N) is 2. The van der Waals surface area contributed by atoms with Crippen molar-refractivity contribution in [2.75, 3.05) is 46.9 Å². The molecule has 2 aromatic rings. The van der Waals surface area contributed by atoms with Crippen LogP contribution in [0.25, 0.3) is 0 Å². The van der Waals surface area contributed by atoms with Gasteiger partial charge in [0.15, 0.2) is 11.5 Å². The van der Waals surface area contributed by atoms with E-state index in [1.54, 1.807) is 14.2 Å². The van der Waals surface area contributed by atoms with Gasteiger partial charge in [-0.25, -0.2) is 0 Å². The minimum absolute atomic E-state index is 0.00917. The lowest BCUT2D eigenvalue weighted by molar-refractivity contribution is -0.133. The largest absolute Gasteiger partial charge is 0.493 e. The van der Waals surface area contributed by atoms with E-state index in [1.165, 1.54) is 5.56 Å². The summed E-state index contributed by atoms with van der Waals surface area (Å²) in [7, 11) is 3.22. The lowest BCUT2D eigenvalue weighted by Crippen LogP contribution is -2.55. The Kier molecular flexibility index (Phi) is 8.72. The Bertz CT molecular complexity index is 937. The van der Waals surface area contributed by atoms with Crippen molar-refractivity contribution in [3.63, 3.8) is 0 Å². The Morgan fingerprint density at radius 2 is 1.58 bits per heavy atom. The van der Waals surface area contributed by atoms with Gasteiger partial charge in [-0.15, -0.1) is 0 Å². The molecule has 2 aromatic carbocycles. The van der Waals surface area contributed by atoms with E-state index >= 15 is 0 Å². The summed E-state index contributed by atoms with van der Waals surface area (Å²) >= 11 is 0. The van der Waals surface area contributed by atoms with Crippen LogP contribution in [-0.2, 0) is 22.4 Å². The Morgan fingerprint density at radius 1 is 0.939 bits per heavy atom. The summed E-state index contributed by atoms with van der Waals surface area (Å²) in [5.41, 5.74) is 3.30. The smallest absolute Gasteiger partial charge is 0.237 e. The van der Waals surface area contributed by atoms with Crippen LogP contribution in [-0.4, -0.2) is 74.6 Å². The molecule has 7 heteroatoms. The fourth-order valence-electron chi connectivity index (χ4n) is 4.03. The second-order valence-corrected chi connectivity index (χ2v) is 8.49. The highest BCUT2D eigenvalue weighted by Crippen LogP contribution is 2.27. The Hall–Kier alpha value is -3.06. The van der Waals surface area contributed by atoms with Crippen molar-refractivity contribution in [3.05, 3.63) is 59.2 Å². The third kappa shape index (κ3) is 6.71. The number of piperazine rings is 1. The van der Waals surface area contributed by atoms with Crippen molar-refractivity contribution < 1.29 is 19.1 Å². The highest BCUT2D eigenvalue weighted by Gasteiger charge is 2.27. The van der Waals surface area contributed by atoms with Gasteiger partial charge in [-0.1, -0.05) is 35.9 Å². The Morgan fingerprint density at radius 3 is 2.21 bits per heavy atom. The average Bonchev–Trinajstić information content (AvgIpc) is 2.84. The van der Waals surface area contributed by atoms with Crippen molar-refractivity contribution in [1.82, 2.24) is 15.1 Å². The second-order valence-electron chi connectivity index (χ2n) is 8.49. The molecule has 0 saturated carbocycles. The number of hydrogen-bond acceptors (Lipinski definition) is 5. The maximum atomic E-state index is 12.7. The molecule has 0 radical (unpaired) electrons. The van der Waals surface area contributed by atoms with Crippen molar-refractivity contribution in [1.29, 1.82) is 0 Å². The molecule has 1 fully saturated rings. The first kappa shape index (κ1) is 24.6. The number of aryl methyl sites for hydroxylation is 1. The number of benzene rings is 2. The summed E-state index contributed by atoms with van der Waals surface area (Å²) in [5, 5.41) is 3.03. The van der Waals surface area contributed by atoms with E-state index in [-0.39, 0.29) is 17.9 Å². The minimum Gasteiger partial charge on any atom is -0.493 e. The van der Waals surface area contributed by atoms with Crippen LogP contribution in [0.2, 0.25) is 0 Å². The van der Waals surface area contributed by atoms with Gasteiger partial charge in [-0.2, -0.15) is 0 Å². The molecule has 0 spiro atoms. The molecule has 1 atom stereocenters. The average molecular weight is 454 g/mol. The summed E-state index contributed by atoms with van der Waals surface area (Å²) in [6.07, 6.45) is 1.13. The molecule has 3 rings (SSSR count). The normalized spacial score (nSPS) is 15.1. The van der Waals surface area contributed by atoms with E-state index < -0.39 is 0 Å². The highest BCUT2D eigenvalue weighted by atomic mass is 16.5. The number of rotatable bonds is 9. The van der Waals surface area contributed by atoms with E-state index in [2.05, 4.69) is 10.2 Å². The third-order valence-corrected chi connectivity index (χ3v) is 6.23. The summed E-state index contributed by atoms with van der Waals surface area (Å²) in [6.45, 7) is 7.21. The van der Waals surface area contributed by atoms with Gasteiger partial charge in [0.05, 0.1) is 26.7 Å². The second kappa shape index (κ2) is 11.7. The van der Waals surface area contributed by atoms with Crippen LogP contribution in [0.15, 0.2) is 42.5 Å². The van der Waals surface area contributed by atoms with E-state index in [0.29, 0.717) is 57.1 Å². The lowest BCUT2D eigenvalue weighted by Gasteiger charge is -2.37. The fourth-order valence-corrected chi connectivity index (χ4v) is 4.03. The number of carbonyl (C=O) groups is 2. The first-order valence-electron chi connectivity index (χ1n) is 11.5. The van der Waals surface area contributed by atoms with E-state index in [1.807, 2.05) is 61.2 Å². The molecule has 0 aliphatic carbocycles. The molecule has 1 aliphatic heterocycles. The fraction of sp³-hybridized carbons (Fsp3) is 0.462. The van der Waals surface area contributed by atoms with Gasteiger partial charge in [-0.05, 0) is 43.5 Å². The van der Waals surface area contributed by atoms with Crippen molar-refractivity contribution in [2.24, 2.45) is 0 Å². The molecule has 0 bridgehead atoms. The van der Waals surface area contributed by atoms with Gasteiger partial charge in [0, 0.05) is 32.7 Å². The number of ether oxygens (including phenoxy) is 2. The van der Waals surface area contributed by atoms with E-state index in [4.69, 9.17) is 9.47 Å². The maximum Gasteiger partial charge on any atom is 0.237 e. The number of methoxy groups -OCH3 is 2. The van der Waals surface area contributed by atoms with Gasteiger partial charge in [0.1, 0.15) is 0 Å². The predicted molar refractivity (Wildman–Crippen MR) is 129 cm³/mol. The number of carbonyl (C=O) groups excluding carboxylic acids is 2. The predicted octanol–water partition coefficient (Wildman–Crippen LogP) is 2.45.